The minimum absolute atomic E-state index is 0.212. The molecule has 0 aliphatic heterocycles. The third-order valence-electron chi connectivity index (χ3n) is 3.20. The second kappa shape index (κ2) is 7.47. The predicted molar refractivity (Wildman–Crippen MR) is 103 cm³/mol. The minimum atomic E-state index is -0.216. The molecule has 0 aliphatic carbocycles. The first-order valence-corrected chi connectivity index (χ1v) is 8.87. The van der Waals surface area contributed by atoms with Gasteiger partial charge < -0.3 is 15.6 Å². The van der Waals surface area contributed by atoms with Gasteiger partial charge in [0.25, 0.3) is 5.91 Å². The van der Waals surface area contributed by atoms with E-state index in [0.717, 1.165) is 10.9 Å². The van der Waals surface area contributed by atoms with Crippen molar-refractivity contribution >= 4 is 56.1 Å². The van der Waals surface area contributed by atoms with Crippen LogP contribution in [-0.2, 0) is 0 Å². The third-order valence-corrected chi connectivity index (χ3v) is 4.87. The molecule has 3 N–H and O–H groups in total. The van der Waals surface area contributed by atoms with Crippen molar-refractivity contribution in [3.05, 3.63) is 56.6 Å². The molecule has 0 atom stereocenters. The van der Waals surface area contributed by atoms with Crippen LogP contribution in [0.15, 0.2) is 46.0 Å². The van der Waals surface area contributed by atoms with Crippen LogP contribution in [0.1, 0.15) is 30.2 Å². The summed E-state index contributed by atoms with van der Waals surface area (Å²) in [6, 6.07) is 5.72. The largest absolute Gasteiger partial charge is 0.403 e. The number of rotatable bonds is 5. The van der Waals surface area contributed by atoms with Gasteiger partial charge in [0, 0.05) is 28.8 Å². The molecular weight excluding hydrogens is 398 g/mol. The maximum atomic E-state index is 12.6. The zero-order chi connectivity index (χ0) is 17.1. The maximum Gasteiger partial charge on any atom is 0.258 e. The van der Waals surface area contributed by atoms with Crippen LogP contribution in [-0.4, -0.2) is 10.5 Å². The zero-order valence-corrected chi connectivity index (χ0v) is 15.9. The molecule has 1 amide bonds. The second-order valence-electron chi connectivity index (χ2n) is 5.16. The smallest absolute Gasteiger partial charge is 0.258 e. The van der Waals surface area contributed by atoms with Gasteiger partial charge in [-0.1, -0.05) is 36.0 Å². The molecule has 1 heterocycles. The molecule has 0 saturated carbocycles. The number of thioether (sulfide) groups is 1. The van der Waals surface area contributed by atoms with Crippen molar-refractivity contribution in [2.75, 3.05) is 0 Å². The molecule has 23 heavy (non-hydrogen) atoms. The highest BCUT2D eigenvalue weighted by Gasteiger charge is 2.17. The van der Waals surface area contributed by atoms with E-state index in [2.05, 4.69) is 41.7 Å². The molecule has 0 radical (unpaired) electrons. The number of carbonyl (C=O) groups excluding carboxylic acids is 1. The molecule has 4 nitrogen and oxygen atoms in total. The summed E-state index contributed by atoms with van der Waals surface area (Å²) in [4.78, 5) is 12.6. The number of fused-ring (bicyclic) bond motifs is 1. The Morgan fingerprint density at radius 1 is 1.52 bits per heavy atom. The van der Waals surface area contributed by atoms with Gasteiger partial charge in [-0.25, -0.2) is 0 Å². The molecule has 122 valence electrons. The lowest BCUT2D eigenvalue weighted by Gasteiger charge is -2.08. The fourth-order valence-electron chi connectivity index (χ4n) is 2.20. The summed E-state index contributed by atoms with van der Waals surface area (Å²) >= 11 is 10.6. The van der Waals surface area contributed by atoms with Crippen LogP contribution in [0.3, 0.4) is 0 Å². The van der Waals surface area contributed by atoms with Crippen molar-refractivity contribution in [2.24, 2.45) is 5.73 Å². The lowest BCUT2D eigenvalue weighted by Crippen LogP contribution is -2.20. The average molecular weight is 415 g/mol. The Hall–Kier alpha value is -1.37. The number of hydrogen-bond acceptors (Lipinski definition) is 3. The summed E-state index contributed by atoms with van der Waals surface area (Å²) in [5.41, 5.74) is 6.90. The fraction of sp³-hybridized carbons (Fsp3) is 0.188. The summed E-state index contributed by atoms with van der Waals surface area (Å²) < 4.78 is 2.71. The Balaban J connectivity index is 2.36. The van der Waals surface area contributed by atoms with Crippen molar-refractivity contribution < 1.29 is 4.79 Å². The number of nitrogens with zero attached hydrogens (tertiary/aromatic N) is 1. The van der Waals surface area contributed by atoms with Crippen LogP contribution in [0.5, 0.6) is 0 Å². The molecule has 0 aliphatic rings. The Kier molecular flexibility index (Phi) is 5.84. The van der Waals surface area contributed by atoms with E-state index in [1.807, 2.05) is 22.9 Å². The normalized spacial score (nSPS) is 12.0. The Bertz CT molecular complexity index is 798. The van der Waals surface area contributed by atoms with Crippen LogP contribution in [0.25, 0.3) is 10.9 Å². The Morgan fingerprint density at radius 2 is 2.22 bits per heavy atom. The molecule has 0 saturated heterocycles. The molecule has 7 heteroatoms. The first kappa shape index (κ1) is 18.0. The van der Waals surface area contributed by atoms with E-state index in [-0.39, 0.29) is 11.9 Å². The van der Waals surface area contributed by atoms with E-state index in [1.54, 1.807) is 6.07 Å². The van der Waals surface area contributed by atoms with Crippen molar-refractivity contribution in [3.63, 3.8) is 0 Å². The highest BCUT2D eigenvalue weighted by Crippen LogP contribution is 2.29. The van der Waals surface area contributed by atoms with Crippen molar-refractivity contribution in [1.29, 1.82) is 0 Å². The van der Waals surface area contributed by atoms with Gasteiger partial charge in [0.1, 0.15) is 0 Å². The summed E-state index contributed by atoms with van der Waals surface area (Å²) in [7, 11) is 0. The SMILES string of the molecule is C=C(NC(=O)c1cn(C(C)C)c2cc(Cl)ccc12)S/C(Br)=C\N. The molecule has 1 aromatic carbocycles. The number of halogens is 2. The van der Waals surface area contributed by atoms with Gasteiger partial charge >= 0.3 is 0 Å². The predicted octanol–water partition coefficient (Wildman–Crippen LogP) is 4.96. The number of nitrogens with one attached hydrogen (secondary N) is 1. The van der Waals surface area contributed by atoms with Gasteiger partial charge in [0.2, 0.25) is 0 Å². The number of hydrogen-bond donors (Lipinski definition) is 2. The van der Waals surface area contributed by atoms with E-state index in [9.17, 15) is 4.79 Å². The van der Waals surface area contributed by atoms with Gasteiger partial charge in [-0.2, -0.15) is 0 Å². The van der Waals surface area contributed by atoms with E-state index in [1.165, 1.54) is 18.0 Å². The lowest BCUT2D eigenvalue weighted by molar-refractivity contribution is 0.0970. The molecule has 0 unspecified atom stereocenters. The molecule has 0 bridgehead atoms. The highest BCUT2D eigenvalue weighted by molar-refractivity contribution is 9.14. The standard InChI is InChI=1S/C16H17BrClN3OS/c1-9(2)21-8-13(12-5-4-11(18)6-14(12)21)16(22)20-10(3)23-15(17)7-19/h4-9H,3,19H2,1-2H3,(H,20,22)/b15-7-. The first-order chi connectivity index (χ1) is 10.8. The number of nitrogens with two attached hydrogens (primary N) is 1. The zero-order valence-electron chi connectivity index (χ0n) is 12.8. The molecule has 1 aromatic heterocycles. The number of benzene rings is 1. The van der Waals surface area contributed by atoms with Crippen molar-refractivity contribution in [2.45, 2.75) is 19.9 Å². The lowest BCUT2D eigenvalue weighted by atomic mass is 10.1. The first-order valence-electron chi connectivity index (χ1n) is 6.89. The summed E-state index contributed by atoms with van der Waals surface area (Å²) in [6.07, 6.45) is 3.24. The average Bonchev–Trinajstić information content (AvgIpc) is 2.85. The Labute approximate surface area is 152 Å². The van der Waals surface area contributed by atoms with E-state index in [4.69, 9.17) is 17.3 Å². The van der Waals surface area contributed by atoms with Crippen LogP contribution in [0, 0.1) is 0 Å². The van der Waals surface area contributed by atoms with Crippen molar-refractivity contribution in [1.82, 2.24) is 9.88 Å². The van der Waals surface area contributed by atoms with Crippen molar-refractivity contribution in [3.8, 4) is 0 Å². The van der Waals surface area contributed by atoms with Crippen LogP contribution in [0.2, 0.25) is 5.02 Å². The Morgan fingerprint density at radius 3 is 2.83 bits per heavy atom. The van der Waals surface area contributed by atoms with E-state index < -0.39 is 0 Å². The second-order valence-corrected chi connectivity index (χ2v) is 8.11. The number of carbonyl (C=O) groups is 1. The molecule has 2 rings (SSSR count). The highest BCUT2D eigenvalue weighted by atomic mass is 79.9. The summed E-state index contributed by atoms with van der Waals surface area (Å²) in [5.74, 6) is -0.216. The van der Waals surface area contributed by atoms with E-state index >= 15 is 0 Å². The third kappa shape index (κ3) is 4.13. The molecular formula is C16H17BrClN3OS. The maximum absolute atomic E-state index is 12.6. The fourth-order valence-corrected chi connectivity index (χ4v) is 3.40. The van der Waals surface area contributed by atoms with Crippen LogP contribution >= 0.6 is 39.3 Å². The van der Waals surface area contributed by atoms with Gasteiger partial charge in [0.15, 0.2) is 0 Å². The number of amides is 1. The minimum Gasteiger partial charge on any atom is -0.403 e. The van der Waals surface area contributed by atoms with E-state index in [0.29, 0.717) is 19.4 Å². The van der Waals surface area contributed by atoms with Gasteiger partial charge in [-0.15, -0.1) is 0 Å². The molecule has 2 aromatic rings. The molecule has 0 fully saturated rings. The molecule has 0 spiro atoms. The summed E-state index contributed by atoms with van der Waals surface area (Å²) in [5, 5.41) is 4.76. The van der Waals surface area contributed by atoms with Crippen LogP contribution < -0.4 is 11.1 Å². The summed E-state index contributed by atoms with van der Waals surface area (Å²) in [6.45, 7) is 7.93. The van der Waals surface area contributed by atoms with Gasteiger partial charge in [-0.3, -0.25) is 4.79 Å². The monoisotopic (exact) mass is 413 g/mol. The topological polar surface area (TPSA) is 60.0 Å². The van der Waals surface area contributed by atoms with Crippen LogP contribution in [0.4, 0.5) is 0 Å². The van der Waals surface area contributed by atoms with Gasteiger partial charge in [0.05, 0.1) is 19.9 Å². The number of aromatic nitrogens is 1. The quantitative estimate of drug-likeness (QED) is 0.726. The van der Waals surface area contributed by atoms with Gasteiger partial charge in [-0.05, 0) is 41.9 Å².